The molecule has 0 heterocycles. The van der Waals surface area contributed by atoms with E-state index in [1.165, 1.54) is 0 Å². The molecule has 0 fully saturated rings. The van der Waals surface area contributed by atoms with Crippen molar-refractivity contribution in [2.45, 2.75) is 47.0 Å². The molecule has 22 heavy (non-hydrogen) atoms. The van der Waals surface area contributed by atoms with Gasteiger partial charge in [-0.3, -0.25) is 4.79 Å². The van der Waals surface area contributed by atoms with E-state index < -0.39 is 10.8 Å². The fraction of sp³-hybridized carbons (Fsp3) is 0.381. The van der Waals surface area contributed by atoms with E-state index >= 15 is 0 Å². The van der Waals surface area contributed by atoms with E-state index in [4.69, 9.17) is 0 Å². The molecule has 0 aliphatic carbocycles. The van der Waals surface area contributed by atoms with Gasteiger partial charge in [0, 0.05) is 10.8 Å². The third kappa shape index (κ3) is 3.85. The summed E-state index contributed by atoms with van der Waals surface area (Å²) < 4.78 is 0. The largest absolute Gasteiger partial charge is 0.298 e. The summed E-state index contributed by atoms with van der Waals surface area (Å²) in [6, 6.07) is 10.0. The second-order valence-electron chi connectivity index (χ2n) is 6.59. The Kier molecular flexibility index (Phi) is 6.11. The number of hydrogen-bond acceptors (Lipinski definition) is 1. The molecule has 118 valence electrons. The maximum atomic E-state index is 13.3. The lowest BCUT2D eigenvalue weighted by Crippen LogP contribution is -2.40. The van der Waals surface area contributed by atoms with Gasteiger partial charge in [-0.25, -0.2) is 0 Å². The van der Waals surface area contributed by atoms with Crippen LogP contribution in [0.1, 0.15) is 47.1 Å². The van der Waals surface area contributed by atoms with Gasteiger partial charge < -0.3 is 0 Å². The lowest BCUT2D eigenvalue weighted by atomic mass is 9.67. The van der Waals surface area contributed by atoms with Crippen molar-refractivity contribution < 1.29 is 4.79 Å². The zero-order chi connectivity index (χ0) is 16.8. The van der Waals surface area contributed by atoms with Gasteiger partial charge in [0.15, 0.2) is 5.78 Å². The van der Waals surface area contributed by atoms with E-state index in [-0.39, 0.29) is 5.78 Å². The fourth-order valence-corrected chi connectivity index (χ4v) is 2.75. The van der Waals surface area contributed by atoms with Crippen LogP contribution in [0.4, 0.5) is 0 Å². The van der Waals surface area contributed by atoms with Crippen molar-refractivity contribution in [3.8, 4) is 0 Å². The average molecular weight is 296 g/mol. The third-order valence-corrected chi connectivity index (χ3v) is 4.17. The minimum absolute atomic E-state index is 0.222. The van der Waals surface area contributed by atoms with Crippen molar-refractivity contribution in [2.24, 2.45) is 5.41 Å². The predicted molar refractivity (Wildman–Crippen MR) is 96.0 cm³/mol. The molecule has 0 unspecified atom stereocenters. The van der Waals surface area contributed by atoms with Gasteiger partial charge in [-0.2, -0.15) is 0 Å². The van der Waals surface area contributed by atoms with E-state index in [9.17, 15) is 4.79 Å². The second-order valence-corrected chi connectivity index (χ2v) is 6.59. The number of hydrogen-bond donors (Lipinski definition) is 0. The second kappa shape index (κ2) is 7.40. The highest BCUT2D eigenvalue weighted by atomic mass is 16.1. The minimum Gasteiger partial charge on any atom is -0.298 e. The number of Topliss-reactive ketones (excluding diaryl/α,β-unsaturated/α-hetero) is 1. The molecule has 0 aliphatic heterocycles. The molecule has 0 N–H and O–H groups in total. The van der Waals surface area contributed by atoms with Gasteiger partial charge in [-0.1, -0.05) is 60.7 Å². The first-order chi connectivity index (χ1) is 10.3. The van der Waals surface area contributed by atoms with Crippen LogP contribution in [0.15, 0.2) is 66.3 Å². The van der Waals surface area contributed by atoms with E-state index in [1.807, 2.05) is 102 Å². The Morgan fingerprint density at radius 1 is 0.955 bits per heavy atom. The first-order valence-corrected chi connectivity index (χ1v) is 7.85. The molecule has 0 bridgehead atoms. The first-order valence-electron chi connectivity index (χ1n) is 7.85. The Balaban J connectivity index is 3.28. The van der Waals surface area contributed by atoms with Crippen molar-refractivity contribution in [3.05, 3.63) is 71.8 Å². The maximum Gasteiger partial charge on any atom is 0.152 e. The molecule has 0 saturated carbocycles. The van der Waals surface area contributed by atoms with Crippen molar-refractivity contribution in [3.63, 3.8) is 0 Å². The Hall–Kier alpha value is -1.89. The number of benzene rings is 1. The van der Waals surface area contributed by atoms with Gasteiger partial charge >= 0.3 is 0 Å². The quantitative estimate of drug-likeness (QED) is 0.621. The highest BCUT2D eigenvalue weighted by Crippen LogP contribution is 2.38. The smallest absolute Gasteiger partial charge is 0.152 e. The lowest BCUT2D eigenvalue weighted by Gasteiger charge is -2.34. The summed E-state index contributed by atoms with van der Waals surface area (Å²) in [7, 11) is 0. The summed E-state index contributed by atoms with van der Waals surface area (Å²) in [6.45, 7) is 12.0. The van der Waals surface area contributed by atoms with Crippen molar-refractivity contribution >= 4 is 5.78 Å². The van der Waals surface area contributed by atoms with E-state index in [0.717, 1.165) is 11.1 Å². The van der Waals surface area contributed by atoms with Crippen LogP contribution >= 0.6 is 0 Å². The summed E-state index contributed by atoms with van der Waals surface area (Å²) in [4.78, 5) is 13.3. The molecule has 0 spiro atoms. The standard InChI is InChI=1S/C21H28O/c1-7-9-14-17(13-8-2)20(3,4)19(22)21(5,6)18-15-11-10-12-16-18/h7-16H,1-6H3/b9-7-,13-8-,17-14+. The van der Waals surface area contributed by atoms with E-state index in [1.54, 1.807) is 0 Å². The number of rotatable bonds is 6. The minimum atomic E-state index is -0.550. The predicted octanol–water partition coefficient (Wildman–Crippen LogP) is 5.64. The highest BCUT2D eigenvalue weighted by Gasteiger charge is 2.41. The molecule has 1 rings (SSSR count). The van der Waals surface area contributed by atoms with Crippen LogP contribution in [0.5, 0.6) is 0 Å². The van der Waals surface area contributed by atoms with E-state index in [2.05, 4.69) is 0 Å². The SMILES string of the molecule is C\C=C/C=C(\C=C/C)C(C)(C)C(=O)C(C)(C)c1ccccc1. The summed E-state index contributed by atoms with van der Waals surface area (Å²) in [6.07, 6.45) is 10.0. The van der Waals surface area contributed by atoms with Gasteiger partial charge in [0.1, 0.15) is 0 Å². The molecule has 1 aromatic carbocycles. The van der Waals surface area contributed by atoms with E-state index in [0.29, 0.717) is 0 Å². The third-order valence-electron chi connectivity index (χ3n) is 4.17. The first kappa shape index (κ1) is 18.2. The van der Waals surface area contributed by atoms with Crippen molar-refractivity contribution in [1.29, 1.82) is 0 Å². The molecular formula is C21H28O. The molecule has 1 aromatic rings. The van der Waals surface area contributed by atoms with Crippen molar-refractivity contribution in [1.82, 2.24) is 0 Å². The Bertz CT molecular complexity index is 584. The zero-order valence-electron chi connectivity index (χ0n) is 14.7. The van der Waals surface area contributed by atoms with Crippen LogP contribution in [0.25, 0.3) is 0 Å². The molecule has 0 aromatic heterocycles. The molecule has 1 heteroatoms. The Morgan fingerprint density at radius 2 is 1.55 bits per heavy atom. The van der Waals surface area contributed by atoms with Gasteiger partial charge in [0.2, 0.25) is 0 Å². The molecule has 0 atom stereocenters. The van der Waals surface area contributed by atoms with Crippen LogP contribution in [0, 0.1) is 5.41 Å². The number of allylic oxidation sites excluding steroid dienone is 6. The Morgan fingerprint density at radius 3 is 2.05 bits per heavy atom. The number of carbonyl (C=O) groups is 1. The number of carbonyl (C=O) groups excluding carboxylic acids is 1. The molecule has 0 amide bonds. The Labute approximate surface area is 135 Å². The summed E-state index contributed by atoms with van der Waals surface area (Å²) in [5.41, 5.74) is 1.01. The lowest BCUT2D eigenvalue weighted by molar-refractivity contribution is -0.130. The van der Waals surface area contributed by atoms with Crippen LogP contribution in [-0.4, -0.2) is 5.78 Å². The van der Waals surface area contributed by atoms with Gasteiger partial charge in [-0.15, -0.1) is 0 Å². The maximum absolute atomic E-state index is 13.3. The van der Waals surface area contributed by atoms with Gasteiger partial charge in [0.05, 0.1) is 0 Å². The fourth-order valence-electron chi connectivity index (χ4n) is 2.75. The summed E-state index contributed by atoms with van der Waals surface area (Å²) in [5, 5.41) is 0. The summed E-state index contributed by atoms with van der Waals surface area (Å²) in [5.74, 6) is 0.222. The van der Waals surface area contributed by atoms with Gasteiger partial charge in [0.25, 0.3) is 0 Å². The normalized spacial score (nSPS) is 14.0. The number of ketones is 1. The highest BCUT2D eigenvalue weighted by molar-refractivity contribution is 5.96. The van der Waals surface area contributed by atoms with Crippen LogP contribution in [0.3, 0.4) is 0 Å². The molecule has 1 nitrogen and oxygen atoms in total. The van der Waals surface area contributed by atoms with Crippen LogP contribution < -0.4 is 0 Å². The monoisotopic (exact) mass is 296 g/mol. The molecular weight excluding hydrogens is 268 g/mol. The van der Waals surface area contributed by atoms with Gasteiger partial charge in [-0.05, 0) is 52.7 Å². The summed E-state index contributed by atoms with van der Waals surface area (Å²) >= 11 is 0. The molecule has 0 radical (unpaired) electrons. The van der Waals surface area contributed by atoms with Crippen LogP contribution in [-0.2, 0) is 10.2 Å². The molecule has 0 aliphatic rings. The van der Waals surface area contributed by atoms with Crippen molar-refractivity contribution in [2.75, 3.05) is 0 Å². The molecule has 0 saturated heterocycles. The van der Waals surface area contributed by atoms with Crippen LogP contribution in [0.2, 0.25) is 0 Å². The topological polar surface area (TPSA) is 17.1 Å². The average Bonchev–Trinajstić information content (AvgIpc) is 2.51. The zero-order valence-corrected chi connectivity index (χ0v) is 14.7.